The van der Waals surface area contributed by atoms with Crippen LogP contribution in [0.2, 0.25) is 0 Å². The number of carbonyl (C=O) groups is 1. The van der Waals surface area contributed by atoms with Crippen LogP contribution in [0.25, 0.3) is 0 Å². The highest BCUT2D eigenvalue weighted by atomic mass is 16.2. The number of benzene rings is 1. The van der Waals surface area contributed by atoms with E-state index < -0.39 is 0 Å². The van der Waals surface area contributed by atoms with E-state index in [0.717, 1.165) is 29.9 Å². The van der Waals surface area contributed by atoms with Gasteiger partial charge in [0.05, 0.1) is 0 Å². The molecule has 3 nitrogen and oxygen atoms in total. The van der Waals surface area contributed by atoms with E-state index in [1.807, 2.05) is 50.8 Å². The van der Waals surface area contributed by atoms with Crippen LogP contribution in [-0.4, -0.2) is 29.9 Å². The number of amides is 1. The topological polar surface area (TPSA) is 32.3 Å². The van der Waals surface area contributed by atoms with Crippen molar-refractivity contribution >= 4 is 11.6 Å². The second-order valence-corrected chi connectivity index (χ2v) is 4.74. The fourth-order valence-electron chi connectivity index (χ4n) is 2.09. The van der Waals surface area contributed by atoms with Crippen LogP contribution in [0, 0.1) is 6.92 Å². The molecular formula is C15H24N2O. The Morgan fingerprint density at radius 2 is 2.00 bits per heavy atom. The standard InChI is InChI=1S/C15H24N2O/c1-6-16-14-9-8-13(10-12(14)5)15(18)17(7-2)11(3)4/h8-11,16H,6-7H2,1-5H3. The quantitative estimate of drug-likeness (QED) is 0.867. The van der Waals surface area contributed by atoms with E-state index in [-0.39, 0.29) is 11.9 Å². The molecule has 1 aromatic rings. The molecule has 0 aliphatic carbocycles. The Balaban J connectivity index is 2.96. The van der Waals surface area contributed by atoms with Crippen molar-refractivity contribution in [2.24, 2.45) is 0 Å². The van der Waals surface area contributed by atoms with Gasteiger partial charge in [-0.3, -0.25) is 4.79 Å². The highest BCUT2D eigenvalue weighted by molar-refractivity contribution is 5.95. The van der Waals surface area contributed by atoms with Crippen molar-refractivity contribution in [2.45, 2.75) is 40.7 Å². The summed E-state index contributed by atoms with van der Waals surface area (Å²) in [7, 11) is 0. The highest BCUT2D eigenvalue weighted by Gasteiger charge is 2.17. The molecule has 0 atom stereocenters. The lowest BCUT2D eigenvalue weighted by Gasteiger charge is -2.25. The van der Waals surface area contributed by atoms with Gasteiger partial charge >= 0.3 is 0 Å². The summed E-state index contributed by atoms with van der Waals surface area (Å²) in [6.45, 7) is 11.8. The maximum absolute atomic E-state index is 12.3. The normalized spacial score (nSPS) is 10.6. The molecule has 0 bridgehead atoms. The van der Waals surface area contributed by atoms with Gasteiger partial charge in [-0.15, -0.1) is 0 Å². The summed E-state index contributed by atoms with van der Waals surface area (Å²) in [5.74, 6) is 0.110. The molecule has 0 fully saturated rings. The number of nitrogens with zero attached hydrogens (tertiary/aromatic N) is 1. The van der Waals surface area contributed by atoms with Crippen LogP contribution >= 0.6 is 0 Å². The molecule has 0 saturated heterocycles. The van der Waals surface area contributed by atoms with E-state index >= 15 is 0 Å². The molecule has 0 heterocycles. The van der Waals surface area contributed by atoms with E-state index in [0.29, 0.717) is 0 Å². The fourth-order valence-corrected chi connectivity index (χ4v) is 2.09. The third-order valence-corrected chi connectivity index (χ3v) is 3.07. The van der Waals surface area contributed by atoms with Gasteiger partial charge < -0.3 is 10.2 Å². The van der Waals surface area contributed by atoms with Crippen LogP contribution in [0.4, 0.5) is 5.69 Å². The smallest absolute Gasteiger partial charge is 0.254 e. The van der Waals surface area contributed by atoms with Gasteiger partial charge in [0, 0.05) is 30.4 Å². The Labute approximate surface area is 110 Å². The minimum atomic E-state index is 0.110. The molecule has 0 radical (unpaired) electrons. The van der Waals surface area contributed by atoms with Crippen LogP contribution in [0.1, 0.15) is 43.6 Å². The number of anilines is 1. The molecule has 0 spiro atoms. The average molecular weight is 248 g/mol. The molecule has 1 rings (SSSR count). The van der Waals surface area contributed by atoms with E-state index in [4.69, 9.17) is 0 Å². The van der Waals surface area contributed by atoms with Crippen LogP contribution in [0.15, 0.2) is 18.2 Å². The number of hydrogen-bond donors (Lipinski definition) is 1. The molecule has 100 valence electrons. The van der Waals surface area contributed by atoms with Gasteiger partial charge in [0.1, 0.15) is 0 Å². The first-order chi connectivity index (χ1) is 8.51. The zero-order valence-electron chi connectivity index (χ0n) is 12.1. The summed E-state index contributed by atoms with van der Waals surface area (Å²) in [5.41, 5.74) is 2.98. The van der Waals surface area contributed by atoms with E-state index in [2.05, 4.69) is 12.2 Å². The first-order valence-electron chi connectivity index (χ1n) is 6.66. The van der Waals surface area contributed by atoms with Crippen LogP contribution in [-0.2, 0) is 0 Å². The maximum atomic E-state index is 12.3. The number of carbonyl (C=O) groups excluding carboxylic acids is 1. The van der Waals surface area contributed by atoms with Crippen molar-refractivity contribution in [3.8, 4) is 0 Å². The maximum Gasteiger partial charge on any atom is 0.254 e. The lowest BCUT2D eigenvalue weighted by atomic mass is 10.1. The average Bonchev–Trinajstić information content (AvgIpc) is 2.32. The number of hydrogen-bond acceptors (Lipinski definition) is 2. The van der Waals surface area contributed by atoms with Crippen molar-refractivity contribution in [3.05, 3.63) is 29.3 Å². The molecule has 18 heavy (non-hydrogen) atoms. The molecule has 1 N–H and O–H groups in total. The van der Waals surface area contributed by atoms with Gasteiger partial charge in [-0.25, -0.2) is 0 Å². The van der Waals surface area contributed by atoms with Crippen molar-refractivity contribution in [2.75, 3.05) is 18.4 Å². The van der Waals surface area contributed by atoms with E-state index in [9.17, 15) is 4.79 Å². The largest absolute Gasteiger partial charge is 0.385 e. The van der Waals surface area contributed by atoms with Gasteiger partial charge in [0.2, 0.25) is 0 Å². The lowest BCUT2D eigenvalue weighted by molar-refractivity contribution is 0.0717. The van der Waals surface area contributed by atoms with Gasteiger partial charge in [0.15, 0.2) is 0 Å². The Morgan fingerprint density at radius 1 is 1.33 bits per heavy atom. The van der Waals surface area contributed by atoms with Gasteiger partial charge in [-0.1, -0.05) is 0 Å². The van der Waals surface area contributed by atoms with Crippen molar-refractivity contribution in [3.63, 3.8) is 0 Å². The van der Waals surface area contributed by atoms with Crippen molar-refractivity contribution in [1.29, 1.82) is 0 Å². The molecule has 1 amide bonds. The predicted molar refractivity (Wildman–Crippen MR) is 77.2 cm³/mol. The zero-order chi connectivity index (χ0) is 13.7. The summed E-state index contributed by atoms with van der Waals surface area (Å²) < 4.78 is 0. The SMILES string of the molecule is CCNc1ccc(C(=O)N(CC)C(C)C)cc1C. The van der Waals surface area contributed by atoms with Crippen LogP contribution in [0.5, 0.6) is 0 Å². The molecule has 0 saturated carbocycles. The zero-order valence-corrected chi connectivity index (χ0v) is 12.1. The first-order valence-corrected chi connectivity index (χ1v) is 6.66. The molecular weight excluding hydrogens is 224 g/mol. The second kappa shape index (κ2) is 6.43. The van der Waals surface area contributed by atoms with Crippen LogP contribution in [0.3, 0.4) is 0 Å². The highest BCUT2D eigenvalue weighted by Crippen LogP contribution is 2.18. The summed E-state index contributed by atoms with van der Waals surface area (Å²) in [4.78, 5) is 14.2. The first kappa shape index (κ1) is 14.6. The Bertz CT molecular complexity index is 413. The number of nitrogens with one attached hydrogen (secondary N) is 1. The van der Waals surface area contributed by atoms with Gasteiger partial charge in [-0.2, -0.15) is 0 Å². The third-order valence-electron chi connectivity index (χ3n) is 3.07. The number of rotatable bonds is 5. The van der Waals surface area contributed by atoms with Crippen molar-refractivity contribution in [1.82, 2.24) is 4.90 Å². The summed E-state index contributed by atoms with van der Waals surface area (Å²) >= 11 is 0. The lowest BCUT2D eigenvalue weighted by Crippen LogP contribution is -2.36. The minimum absolute atomic E-state index is 0.110. The number of aryl methyl sites for hydroxylation is 1. The molecule has 3 heteroatoms. The fraction of sp³-hybridized carbons (Fsp3) is 0.533. The molecule has 0 unspecified atom stereocenters. The Hall–Kier alpha value is -1.51. The van der Waals surface area contributed by atoms with Crippen molar-refractivity contribution < 1.29 is 4.79 Å². The van der Waals surface area contributed by atoms with Gasteiger partial charge in [0.25, 0.3) is 5.91 Å². The van der Waals surface area contributed by atoms with Gasteiger partial charge in [-0.05, 0) is 58.4 Å². The van der Waals surface area contributed by atoms with E-state index in [1.54, 1.807) is 0 Å². The Kier molecular flexibility index (Phi) is 5.20. The molecule has 0 aromatic heterocycles. The second-order valence-electron chi connectivity index (χ2n) is 4.74. The monoisotopic (exact) mass is 248 g/mol. The molecule has 0 aliphatic heterocycles. The molecule has 1 aromatic carbocycles. The van der Waals surface area contributed by atoms with E-state index in [1.165, 1.54) is 0 Å². The summed E-state index contributed by atoms with van der Waals surface area (Å²) in [5, 5.41) is 3.28. The summed E-state index contributed by atoms with van der Waals surface area (Å²) in [6.07, 6.45) is 0. The Morgan fingerprint density at radius 3 is 2.44 bits per heavy atom. The van der Waals surface area contributed by atoms with Crippen LogP contribution < -0.4 is 5.32 Å². The summed E-state index contributed by atoms with van der Waals surface area (Å²) in [6, 6.07) is 6.08. The minimum Gasteiger partial charge on any atom is -0.385 e. The molecule has 0 aliphatic rings. The predicted octanol–water partition coefficient (Wildman–Crippen LogP) is 3.30. The third kappa shape index (κ3) is 3.25.